The molecule has 18 heavy (non-hydrogen) atoms. The summed E-state index contributed by atoms with van der Waals surface area (Å²) in [4.78, 5) is 0. The van der Waals surface area contributed by atoms with Gasteiger partial charge in [0.2, 0.25) is 0 Å². The maximum absolute atomic E-state index is 9.24. The summed E-state index contributed by atoms with van der Waals surface area (Å²) in [5.74, 6) is 0. The van der Waals surface area contributed by atoms with Crippen molar-refractivity contribution in [3.63, 3.8) is 0 Å². The number of aromatic nitrogens is 2. The van der Waals surface area contributed by atoms with Crippen LogP contribution in [0.3, 0.4) is 0 Å². The standard InChI is InChI=1S/C14H16N4/c1-11-13(10-18(2)17-11)14(8-15)16-9-12-6-4-3-5-7-12/h3-7,10,14,16H,9H2,1-2H3. The fourth-order valence-electron chi connectivity index (χ4n) is 1.94. The number of hydrogen-bond donors (Lipinski definition) is 1. The minimum absolute atomic E-state index is 0.320. The molecule has 0 aliphatic rings. The molecule has 1 N–H and O–H groups in total. The lowest BCUT2D eigenvalue weighted by Crippen LogP contribution is -2.19. The number of rotatable bonds is 4. The third kappa shape index (κ3) is 2.76. The van der Waals surface area contributed by atoms with Gasteiger partial charge in [0.1, 0.15) is 6.04 Å². The molecule has 4 heteroatoms. The van der Waals surface area contributed by atoms with E-state index in [0.717, 1.165) is 11.3 Å². The minimum Gasteiger partial charge on any atom is -0.294 e. The van der Waals surface area contributed by atoms with E-state index in [1.54, 1.807) is 4.68 Å². The Kier molecular flexibility index (Phi) is 3.75. The summed E-state index contributed by atoms with van der Waals surface area (Å²) in [5, 5.41) is 16.7. The molecule has 0 fully saturated rings. The van der Waals surface area contributed by atoms with E-state index in [0.29, 0.717) is 6.54 Å². The molecule has 4 nitrogen and oxygen atoms in total. The Morgan fingerprint density at radius 1 is 1.39 bits per heavy atom. The van der Waals surface area contributed by atoms with Crippen molar-refractivity contribution in [3.05, 3.63) is 53.3 Å². The molecule has 1 atom stereocenters. The van der Waals surface area contributed by atoms with E-state index in [9.17, 15) is 5.26 Å². The molecule has 1 aromatic carbocycles. The highest BCUT2D eigenvalue weighted by Crippen LogP contribution is 2.16. The lowest BCUT2D eigenvalue weighted by molar-refractivity contribution is 0.627. The number of nitrogens with zero attached hydrogens (tertiary/aromatic N) is 3. The SMILES string of the molecule is Cc1nn(C)cc1C(C#N)NCc1ccccc1. The first-order chi connectivity index (χ1) is 8.70. The smallest absolute Gasteiger partial charge is 0.124 e. The zero-order chi connectivity index (χ0) is 13.0. The van der Waals surface area contributed by atoms with Crippen molar-refractivity contribution >= 4 is 0 Å². The Labute approximate surface area is 107 Å². The molecule has 0 bridgehead atoms. The van der Waals surface area contributed by atoms with Gasteiger partial charge in [-0.3, -0.25) is 10.00 Å². The van der Waals surface area contributed by atoms with Crippen molar-refractivity contribution in [1.82, 2.24) is 15.1 Å². The molecule has 0 saturated heterocycles. The highest BCUT2D eigenvalue weighted by molar-refractivity contribution is 5.26. The molecule has 0 saturated carbocycles. The molecule has 1 heterocycles. The zero-order valence-corrected chi connectivity index (χ0v) is 10.6. The predicted molar refractivity (Wildman–Crippen MR) is 69.6 cm³/mol. The number of nitriles is 1. The van der Waals surface area contributed by atoms with Crippen molar-refractivity contribution < 1.29 is 0 Å². The molecule has 2 aromatic rings. The van der Waals surface area contributed by atoms with Crippen LogP contribution in [0.4, 0.5) is 0 Å². The topological polar surface area (TPSA) is 53.6 Å². The van der Waals surface area contributed by atoms with Crippen molar-refractivity contribution in [2.75, 3.05) is 0 Å². The van der Waals surface area contributed by atoms with Crippen LogP contribution < -0.4 is 5.32 Å². The Hall–Kier alpha value is -2.12. The lowest BCUT2D eigenvalue weighted by atomic mass is 10.1. The minimum atomic E-state index is -0.320. The van der Waals surface area contributed by atoms with Crippen LogP contribution in [0.5, 0.6) is 0 Å². The van der Waals surface area contributed by atoms with E-state index >= 15 is 0 Å². The van der Waals surface area contributed by atoms with Crippen LogP contribution in [0.1, 0.15) is 22.9 Å². The number of benzene rings is 1. The van der Waals surface area contributed by atoms with Gasteiger partial charge in [-0.2, -0.15) is 10.4 Å². The summed E-state index contributed by atoms with van der Waals surface area (Å²) in [6.45, 7) is 2.59. The van der Waals surface area contributed by atoms with Crippen LogP contribution >= 0.6 is 0 Å². The molecule has 0 aliphatic heterocycles. The van der Waals surface area contributed by atoms with Gasteiger partial charge in [-0.25, -0.2) is 0 Å². The van der Waals surface area contributed by atoms with Gasteiger partial charge < -0.3 is 0 Å². The molecule has 0 radical (unpaired) electrons. The molecular weight excluding hydrogens is 224 g/mol. The fraction of sp³-hybridized carbons (Fsp3) is 0.286. The second kappa shape index (κ2) is 5.48. The predicted octanol–water partition coefficient (Wildman–Crippen LogP) is 2.08. The van der Waals surface area contributed by atoms with Gasteiger partial charge in [0.05, 0.1) is 11.8 Å². The summed E-state index contributed by atoms with van der Waals surface area (Å²) in [6, 6.07) is 12.0. The summed E-state index contributed by atoms with van der Waals surface area (Å²) in [6.07, 6.45) is 1.89. The van der Waals surface area contributed by atoms with Crippen LogP contribution in [0.25, 0.3) is 0 Å². The first kappa shape index (κ1) is 12.3. The average molecular weight is 240 g/mol. The third-order valence-corrected chi connectivity index (χ3v) is 2.84. The largest absolute Gasteiger partial charge is 0.294 e. The number of hydrogen-bond acceptors (Lipinski definition) is 3. The van der Waals surface area contributed by atoms with Crippen molar-refractivity contribution in [1.29, 1.82) is 5.26 Å². The maximum Gasteiger partial charge on any atom is 0.124 e. The van der Waals surface area contributed by atoms with Gasteiger partial charge in [-0.05, 0) is 12.5 Å². The molecule has 2 rings (SSSR count). The maximum atomic E-state index is 9.24. The van der Waals surface area contributed by atoms with E-state index in [2.05, 4.69) is 16.5 Å². The Morgan fingerprint density at radius 3 is 2.67 bits per heavy atom. The van der Waals surface area contributed by atoms with Gasteiger partial charge in [-0.15, -0.1) is 0 Å². The van der Waals surface area contributed by atoms with E-state index in [4.69, 9.17) is 0 Å². The summed E-state index contributed by atoms with van der Waals surface area (Å²) in [7, 11) is 1.86. The van der Waals surface area contributed by atoms with Crippen LogP contribution in [0.15, 0.2) is 36.5 Å². The van der Waals surface area contributed by atoms with Crippen LogP contribution in [-0.2, 0) is 13.6 Å². The molecule has 1 aromatic heterocycles. The Morgan fingerprint density at radius 2 is 2.11 bits per heavy atom. The first-order valence-corrected chi connectivity index (χ1v) is 5.88. The average Bonchev–Trinajstić information content (AvgIpc) is 2.71. The third-order valence-electron chi connectivity index (χ3n) is 2.84. The van der Waals surface area contributed by atoms with E-state index < -0.39 is 0 Å². The molecule has 0 aliphatic carbocycles. The molecule has 92 valence electrons. The second-order valence-electron chi connectivity index (χ2n) is 4.27. The Bertz CT molecular complexity index is 551. The monoisotopic (exact) mass is 240 g/mol. The summed E-state index contributed by atoms with van der Waals surface area (Å²) < 4.78 is 1.74. The summed E-state index contributed by atoms with van der Waals surface area (Å²) >= 11 is 0. The van der Waals surface area contributed by atoms with Crippen molar-refractivity contribution in [2.24, 2.45) is 7.05 Å². The second-order valence-corrected chi connectivity index (χ2v) is 4.27. The van der Waals surface area contributed by atoms with Gasteiger partial charge in [0.15, 0.2) is 0 Å². The molecule has 0 amide bonds. The van der Waals surface area contributed by atoms with Gasteiger partial charge >= 0.3 is 0 Å². The van der Waals surface area contributed by atoms with Gasteiger partial charge in [-0.1, -0.05) is 30.3 Å². The van der Waals surface area contributed by atoms with Crippen LogP contribution in [0, 0.1) is 18.3 Å². The van der Waals surface area contributed by atoms with Gasteiger partial charge in [0.25, 0.3) is 0 Å². The molecule has 0 spiro atoms. The normalized spacial score (nSPS) is 12.1. The van der Waals surface area contributed by atoms with Crippen molar-refractivity contribution in [3.8, 4) is 6.07 Å². The first-order valence-electron chi connectivity index (χ1n) is 5.88. The van der Waals surface area contributed by atoms with E-state index in [1.165, 1.54) is 5.56 Å². The van der Waals surface area contributed by atoms with E-state index in [1.807, 2.05) is 50.5 Å². The summed E-state index contributed by atoms with van der Waals surface area (Å²) in [5.41, 5.74) is 3.00. The van der Waals surface area contributed by atoms with Crippen molar-refractivity contribution in [2.45, 2.75) is 19.5 Å². The number of aryl methyl sites for hydroxylation is 2. The van der Waals surface area contributed by atoms with Crippen LogP contribution in [0.2, 0.25) is 0 Å². The quantitative estimate of drug-likeness (QED) is 0.890. The molecular formula is C14H16N4. The zero-order valence-electron chi connectivity index (χ0n) is 10.6. The van der Waals surface area contributed by atoms with Gasteiger partial charge in [0, 0.05) is 25.4 Å². The fourth-order valence-corrected chi connectivity index (χ4v) is 1.94. The highest BCUT2D eigenvalue weighted by atomic mass is 15.3. The Balaban J connectivity index is 2.07. The van der Waals surface area contributed by atoms with Crippen LogP contribution in [-0.4, -0.2) is 9.78 Å². The lowest BCUT2D eigenvalue weighted by Gasteiger charge is -2.10. The molecule has 1 unspecified atom stereocenters. The highest BCUT2D eigenvalue weighted by Gasteiger charge is 2.15. The van der Waals surface area contributed by atoms with E-state index in [-0.39, 0.29) is 6.04 Å². The number of nitrogens with one attached hydrogen (secondary N) is 1.